The summed E-state index contributed by atoms with van der Waals surface area (Å²) < 4.78 is 10.2. The van der Waals surface area contributed by atoms with Crippen molar-refractivity contribution >= 4 is 5.97 Å². The molecule has 4 heteroatoms. The van der Waals surface area contributed by atoms with Gasteiger partial charge in [-0.2, -0.15) is 0 Å². The molecule has 0 aliphatic carbocycles. The first-order valence-corrected chi connectivity index (χ1v) is 8.17. The number of methoxy groups -OCH3 is 2. The summed E-state index contributed by atoms with van der Waals surface area (Å²) in [6.45, 7) is 7.85. The van der Waals surface area contributed by atoms with Crippen LogP contribution in [0.25, 0.3) is 0 Å². The van der Waals surface area contributed by atoms with E-state index in [0.717, 1.165) is 22.6 Å². The molecule has 2 aromatic carbocycles. The molecule has 2 rings (SSSR count). The number of carbonyl (C=O) groups is 1. The average molecular weight is 344 g/mol. The Morgan fingerprint density at radius 3 is 1.96 bits per heavy atom. The van der Waals surface area contributed by atoms with E-state index in [1.165, 1.54) is 5.56 Å². The van der Waals surface area contributed by atoms with Gasteiger partial charge in [0.25, 0.3) is 0 Å². The highest BCUT2D eigenvalue weighted by Crippen LogP contribution is 2.30. The average Bonchev–Trinajstić information content (AvgIpc) is 2.54. The van der Waals surface area contributed by atoms with Gasteiger partial charge in [-0.25, -0.2) is 0 Å². The lowest BCUT2D eigenvalue weighted by Gasteiger charge is -2.24. The normalized spacial score (nSPS) is 10.5. The number of hydrogen-bond donors (Lipinski definition) is 1. The minimum Gasteiger partial charge on any atom is -0.496 e. The maximum Gasteiger partial charge on any atom is 0.304 e. The van der Waals surface area contributed by atoms with Gasteiger partial charge < -0.3 is 14.6 Å². The van der Waals surface area contributed by atoms with Crippen molar-refractivity contribution in [2.75, 3.05) is 14.2 Å². The Kier molecular flexibility index (Phi) is 7.49. The Morgan fingerprint density at radius 1 is 0.960 bits per heavy atom. The number of para-hydroxylation sites is 1. The molecule has 0 aromatic heterocycles. The van der Waals surface area contributed by atoms with E-state index in [1.54, 1.807) is 14.2 Å². The first kappa shape index (κ1) is 20.6. The molecule has 1 N–H and O–H groups in total. The van der Waals surface area contributed by atoms with E-state index >= 15 is 0 Å². The number of rotatable bonds is 5. The molecule has 0 saturated heterocycles. The number of carboxylic acids is 1. The Balaban J connectivity index is 0.000000293. The fourth-order valence-corrected chi connectivity index (χ4v) is 2.56. The first-order chi connectivity index (χ1) is 11.7. The molecule has 25 heavy (non-hydrogen) atoms. The van der Waals surface area contributed by atoms with Crippen molar-refractivity contribution in [3.8, 4) is 11.5 Å². The molecule has 2 aromatic rings. The first-order valence-electron chi connectivity index (χ1n) is 8.17. The highest BCUT2D eigenvalue weighted by molar-refractivity contribution is 5.69. The summed E-state index contributed by atoms with van der Waals surface area (Å²) in [5, 5.41) is 8.86. The van der Waals surface area contributed by atoms with Crippen molar-refractivity contribution in [3.05, 3.63) is 59.2 Å². The van der Waals surface area contributed by atoms with Gasteiger partial charge in [0, 0.05) is 5.41 Å². The molecular weight excluding hydrogens is 316 g/mol. The van der Waals surface area contributed by atoms with Gasteiger partial charge in [0.05, 0.1) is 20.6 Å². The molecular formula is C21H28O4. The molecule has 0 unspecified atom stereocenters. The van der Waals surface area contributed by atoms with Crippen LogP contribution in [0.15, 0.2) is 42.5 Å². The maximum atomic E-state index is 10.8. The minimum atomic E-state index is -0.779. The molecule has 0 radical (unpaired) electrons. The zero-order chi connectivity index (χ0) is 19.0. The van der Waals surface area contributed by atoms with E-state index in [2.05, 4.69) is 0 Å². The molecule has 0 atom stereocenters. The van der Waals surface area contributed by atoms with Crippen LogP contribution in [0.5, 0.6) is 11.5 Å². The zero-order valence-corrected chi connectivity index (χ0v) is 15.9. The monoisotopic (exact) mass is 344 g/mol. The summed E-state index contributed by atoms with van der Waals surface area (Å²) in [4.78, 5) is 10.8. The summed E-state index contributed by atoms with van der Waals surface area (Å²) in [6.07, 6.45) is 0.124. The van der Waals surface area contributed by atoms with Crippen molar-refractivity contribution in [2.45, 2.75) is 39.5 Å². The van der Waals surface area contributed by atoms with Crippen LogP contribution in [0.2, 0.25) is 0 Å². The van der Waals surface area contributed by atoms with Gasteiger partial charge in [-0.05, 0) is 42.7 Å². The quantitative estimate of drug-likeness (QED) is 0.849. The van der Waals surface area contributed by atoms with Gasteiger partial charge >= 0.3 is 5.97 Å². The lowest BCUT2D eigenvalue weighted by molar-refractivity contribution is -0.138. The Labute approximate surface area is 150 Å². The second-order valence-electron chi connectivity index (χ2n) is 6.61. The topological polar surface area (TPSA) is 55.8 Å². The Bertz CT molecular complexity index is 705. The molecule has 0 bridgehead atoms. The predicted octanol–water partition coefficient (Wildman–Crippen LogP) is 4.76. The van der Waals surface area contributed by atoms with Gasteiger partial charge in [-0.3, -0.25) is 4.79 Å². The highest BCUT2D eigenvalue weighted by atomic mass is 16.5. The fourth-order valence-electron chi connectivity index (χ4n) is 2.56. The maximum absolute atomic E-state index is 10.8. The number of aliphatic carboxylic acids is 1. The summed E-state index contributed by atoms with van der Waals surface area (Å²) >= 11 is 0. The summed E-state index contributed by atoms with van der Waals surface area (Å²) in [5.74, 6) is 1.01. The van der Waals surface area contributed by atoms with Crippen molar-refractivity contribution in [2.24, 2.45) is 0 Å². The molecule has 0 spiro atoms. The van der Waals surface area contributed by atoms with Crippen molar-refractivity contribution < 1.29 is 19.4 Å². The van der Waals surface area contributed by atoms with Crippen LogP contribution < -0.4 is 9.47 Å². The molecule has 0 aliphatic heterocycles. The number of aryl methyl sites for hydroxylation is 2. The summed E-state index contributed by atoms with van der Waals surface area (Å²) in [7, 11) is 3.31. The van der Waals surface area contributed by atoms with Crippen molar-refractivity contribution in [1.29, 1.82) is 0 Å². The van der Waals surface area contributed by atoms with Crippen LogP contribution >= 0.6 is 0 Å². The van der Waals surface area contributed by atoms with E-state index in [-0.39, 0.29) is 11.8 Å². The molecule has 0 saturated carbocycles. The van der Waals surface area contributed by atoms with E-state index in [0.29, 0.717) is 0 Å². The summed E-state index contributed by atoms with van der Waals surface area (Å²) in [6, 6.07) is 13.7. The summed E-state index contributed by atoms with van der Waals surface area (Å²) in [5.41, 5.74) is 2.87. The van der Waals surface area contributed by atoms with Gasteiger partial charge in [-0.1, -0.05) is 44.2 Å². The van der Waals surface area contributed by atoms with Crippen LogP contribution in [0, 0.1) is 13.8 Å². The highest BCUT2D eigenvalue weighted by Gasteiger charge is 2.24. The third-order valence-electron chi connectivity index (χ3n) is 4.08. The van der Waals surface area contributed by atoms with Gasteiger partial charge in [0.2, 0.25) is 0 Å². The smallest absolute Gasteiger partial charge is 0.304 e. The lowest BCUT2D eigenvalue weighted by Crippen LogP contribution is -2.21. The zero-order valence-electron chi connectivity index (χ0n) is 15.9. The van der Waals surface area contributed by atoms with E-state index < -0.39 is 5.97 Å². The van der Waals surface area contributed by atoms with E-state index in [4.69, 9.17) is 14.6 Å². The van der Waals surface area contributed by atoms with E-state index in [9.17, 15) is 4.79 Å². The van der Waals surface area contributed by atoms with Gasteiger partial charge in [0.15, 0.2) is 0 Å². The van der Waals surface area contributed by atoms with Crippen LogP contribution in [0.1, 0.15) is 37.0 Å². The lowest BCUT2D eigenvalue weighted by atomic mass is 9.81. The Morgan fingerprint density at radius 2 is 1.52 bits per heavy atom. The van der Waals surface area contributed by atoms with Crippen molar-refractivity contribution in [3.63, 3.8) is 0 Å². The second-order valence-corrected chi connectivity index (χ2v) is 6.61. The largest absolute Gasteiger partial charge is 0.496 e. The Hall–Kier alpha value is -2.49. The van der Waals surface area contributed by atoms with Crippen molar-refractivity contribution in [1.82, 2.24) is 0 Å². The third kappa shape index (κ3) is 6.14. The van der Waals surface area contributed by atoms with Crippen LogP contribution in [0.3, 0.4) is 0 Å². The fraction of sp³-hybridized carbons (Fsp3) is 0.381. The predicted molar refractivity (Wildman–Crippen MR) is 101 cm³/mol. The molecule has 0 heterocycles. The molecule has 136 valence electrons. The minimum absolute atomic E-state index is 0.124. The van der Waals surface area contributed by atoms with Crippen LogP contribution in [-0.4, -0.2) is 25.3 Å². The molecule has 0 amide bonds. The third-order valence-corrected chi connectivity index (χ3v) is 4.08. The number of benzene rings is 2. The molecule has 0 fully saturated rings. The molecule has 0 aliphatic rings. The second kappa shape index (κ2) is 9.11. The van der Waals surface area contributed by atoms with Crippen LogP contribution in [0.4, 0.5) is 0 Å². The number of ether oxygens (including phenoxy) is 2. The standard InChI is InChI=1S/C13H18O3.C8H10O/c1-9-7-10(5-6-11(9)16-4)13(2,3)8-12(14)15;1-7-5-3-4-6-8(7)9-2/h5-7H,8H2,1-4H3,(H,14,15);3-6H,1-2H3. The molecule has 4 nitrogen and oxygen atoms in total. The van der Waals surface area contributed by atoms with Gasteiger partial charge in [0.1, 0.15) is 11.5 Å². The van der Waals surface area contributed by atoms with E-state index in [1.807, 2.05) is 70.2 Å². The number of carboxylic acid groups (broad SMARTS) is 1. The SMILES string of the molecule is COc1ccc(C(C)(C)CC(=O)O)cc1C.COc1ccccc1C. The number of hydrogen-bond acceptors (Lipinski definition) is 3. The van der Waals surface area contributed by atoms with Crippen LogP contribution in [-0.2, 0) is 10.2 Å². The van der Waals surface area contributed by atoms with Gasteiger partial charge in [-0.15, -0.1) is 0 Å².